The summed E-state index contributed by atoms with van der Waals surface area (Å²) in [5, 5.41) is 0. The van der Waals surface area contributed by atoms with E-state index in [0.717, 1.165) is 38.9 Å². The van der Waals surface area contributed by atoms with E-state index in [4.69, 9.17) is 15.0 Å². The lowest BCUT2D eigenvalue weighted by Gasteiger charge is -2.33. The summed E-state index contributed by atoms with van der Waals surface area (Å²) in [4.78, 5) is 16.0. The molecule has 0 saturated carbocycles. The Morgan fingerprint density at radius 3 is 1.17 bits per heavy atom. The van der Waals surface area contributed by atoms with Gasteiger partial charge in [0.25, 0.3) is 0 Å². The van der Waals surface area contributed by atoms with Gasteiger partial charge in [-0.15, -0.1) is 0 Å². The number of benzene rings is 8. The van der Waals surface area contributed by atoms with Gasteiger partial charge < -0.3 is 0 Å². The van der Waals surface area contributed by atoms with Crippen molar-refractivity contribution in [2.75, 3.05) is 0 Å². The van der Waals surface area contributed by atoms with Gasteiger partial charge in [0.2, 0.25) is 0 Å². The largest absolute Gasteiger partial charge is 0.208 e. The van der Waals surface area contributed by atoms with E-state index in [9.17, 15) is 0 Å². The Morgan fingerprint density at radius 2 is 0.667 bits per heavy atom. The molecule has 2 aliphatic rings. The van der Waals surface area contributed by atoms with Crippen LogP contribution in [-0.2, 0) is 16.2 Å². The molecule has 0 fully saturated rings. The van der Waals surface area contributed by atoms with Crippen molar-refractivity contribution >= 4 is 0 Å². The molecule has 9 aromatic rings. The fourth-order valence-corrected chi connectivity index (χ4v) is 9.96. The summed E-state index contributed by atoms with van der Waals surface area (Å²) in [6, 6.07) is 68.5. The van der Waals surface area contributed by atoms with Crippen molar-refractivity contribution in [3.05, 3.63) is 221 Å². The van der Waals surface area contributed by atoms with E-state index in [2.05, 4.69) is 211 Å². The average molecular weight is 812 g/mol. The first-order valence-corrected chi connectivity index (χ1v) is 22.1. The summed E-state index contributed by atoms with van der Waals surface area (Å²) in [6.07, 6.45) is 0. The standard InChI is InChI=1S/C60H49N3/c1-58(2,3)45-27-30-49-50-31-28-46(59(4,5)6)37-54(50)60(53(49)36-45)51-25-17-16-24-47(51)48-29-26-41(35-52(48)60)56-61-55(40-22-14-9-15-23-40)62-57(63-56)44-33-42(38-18-10-7-11-19-38)32-43(34-44)39-20-12-8-13-21-39/h7-37H,1-6H3. The first-order valence-electron chi connectivity index (χ1n) is 22.1. The number of fused-ring (bicyclic) bond motifs is 10. The summed E-state index contributed by atoms with van der Waals surface area (Å²) in [5.41, 5.74) is 19.8. The maximum Gasteiger partial charge on any atom is 0.164 e. The first-order chi connectivity index (χ1) is 30.5. The number of hydrogen-bond donors (Lipinski definition) is 0. The van der Waals surface area contributed by atoms with E-state index in [0.29, 0.717) is 17.5 Å². The summed E-state index contributed by atoms with van der Waals surface area (Å²) < 4.78 is 0. The van der Waals surface area contributed by atoms with Crippen molar-refractivity contribution in [1.82, 2.24) is 15.0 Å². The van der Waals surface area contributed by atoms with Crippen molar-refractivity contribution in [2.45, 2.75) is 57.8 Å². The van der Waals surface area contributed by atoms with Gasteiger partial charge in [-0.2, -0.15) is 0 Å². The van der Waals surface area contributed by atoms with Crippen LogP contribution in [0.4, 0.5) is 0 Å². The predicted molar refractivity (Wildman–Crippen MR) is 261 cm³/mol. The molecule has 1 heterocycles. The molecule has 2 aliphatic carbocycles. The highest BCUT2D eigenvalue weighted by Crippen LogP contribution is 2.64. The van der Waals surface area contributed by atoms with Crippen molar-refractivity contribution in [3.63, 3.8) is 0 Å². The fourth-order valence-electron chi connectivity index (χ4n) is 9.96. The summed E-state index contributed by atoms with van der Waals surface area (Å²) >= 11 is 0. The van der Waals surface area contributed by atoms with Gasteiger partial charge in [0, 0.05) is 16.7 Å². The SMILES string of the molecule is CC(C)(C)c1ccc2c(c1)C1(c3ccccc3-c3ccc(-c4nc(-c5ccccc5)nc(-c5cc(-c6ccccc6)cc(-c6ccccc6)c5)n4)cc31)c1cc(C(C)(C)C)ccc1-2. The van der Waals surface area contributed by atoms with Gasteiger partial charge in [-0.3, -0.25) is 0 Å². The molecule has 304 valence electrons. The predicted octanol–water partition coefficient (Wildman–Crippen LogP) is 15.1. The lowest BCUT2D eigenvalue weighted by atomic mass is 9.68. The van der Waals surface area contributed by atoms with Crippen LogP contribution in [-0.4, -0.2) is 15.0 Å². The Labute approximate surface area is 371 Å². The zero-order chi connectivity index (χ0) is 43.1. The molecular formula is C60H49N3. The molecule has 0 unspecified atom stereocenters. The number of aromatic nitrogens is 3. The Bertz CT molecular complexity index is 3100. The van der Waals surface area contributed by atoms with Gasteiger partial charge in [-0.25, -0.2) is 15.0 Å². The third-order valence-electron chi connectivity index (χ3n) is 13.2. The van der Waals surface area contributed by atoms with Crippen molar-refractivity contribution in [2.24, 2.45) is 0 Å². The molecule has 0 bridgehead atoms. The number of rotatable bonds is 5. The van der Waals surface area contributed by atoms with E-state index in [-0.39, 0.29) is 10.8 Å². The van der Waals surface area contributed by atoms with E-state index in [1.165, 1.54) is 55.6 Å². The zero-order valence-electron chi connectivity index (χ0n) is 36.7. The molecule has 0 N–H and O–H groups in total. The molecule has 3 nitrogen and oxygen atoms in total. The monoisotopic (exact) mass is 811 g/mol. The fraction of sp³-hybridized carbons (Fsp3) is 0.150. The lowest BCUT2D eigenvalue weighted by Crippen LogP contribution is -2.27. The minimum atomic E-state index is -0.540. The maximum absolute atomic E-state index is 5.42. The Hall–Kier alpha value is -7.23. The molecule has 63 heavy (non-hydrogen) atoms. The molecule has 8 aromatic carbocycles. The third-order valence-corrected chi connectivity index (χ3v) is 13.2. The second-order valence-electron chi connectivity index (χ2n) is 19.3. The zero-order valence-corrected chi connectivity index (χ0v) is 36.7. The van der Waals surface area contributed by atoms with Crippen molar-refractivity contribution in [3.8, 4) is 78.7 Å². The number of nitrogens with zero attached hydrogens (tertiary/aromatic N) is 3. The first kappa shape index (κ1) is 38.7. The highest BCUT2D eigenvalue weighted by molar-refractivity contribution is 5.96. The minimum absolute atomic E-state index is 0.0301. The van der Waals surface area contributed by atoms with E-state index >= 15 is 0 Å². The van der Waals surface area contributed by atoms with Crippen LogP contribution in [0.3, 0.4) is 0 Å². The van der Waals surface area contributed by atoms with Gasteiger partial charge in [0.15, 0.2) is 17.5 Å². The molecule has 0 aliphatic heterocycles. The Kier molecular flexibility index (Phi) is 8.86. The molecule has 1 aromatic heterocycles. The quantitative estimate of drug-likeness (QED) is 0.174. The molecule has 0 radical (unpaired) electrons. The van der Waals surface area contributed by atoms with Crippen LogP contribution >= 0.6 is 0 Å². The molecule has 3 heteroatoms. The highest BCUT2D eigenvalue weighted by Gasteiger charge is 2.52. The Balaban J connectivity index is 1.17. The topological polar surface area (TPSA) is 38.7 Å². The normalized spacial score (nSPS) is 13.4. The van der Waals surface area contributed by atoms with E-state index in [1.54, 1.807) is 0 Å². The van der Waals surface area contributed by atoms with Crippen molar-refractivity contribution in [1.29, 1.82) is 0 Å². The second kappa shape index (κ2) is 14.4. The maximum atomic E-state index is 5.42. The highest BCUT2D eigenvalue weighted by atomic mass is 15.0. The molecular weight excluding hydrogens is 763 g/mol. The second-order valence-corrected chi connectivity index (χ2v) is 19.3. The van der Waals surface area contributed by atoms with Crippen LogP contribution in [0, 0.1) is 0 Å². The smallest absolute Gasteiger partial charge is 0.164 e. The molecule has 11 rings (SSSR count). The summed E-state index contributed by atoms with van der Waals surface area (Å²) in [6.45, 7) is 13.9. The minimum Gasteiger partial charge on any atom is -0.208 e. The summed E-state index contributed by atoms with van der Waals surface area (Å²) in [5.74, 6) is 1.92. The molecule has 0 saturated heterocycles. The van der Waals surface area contributed by atoms with Crippen LogP contribution < -0.4 is 0 Å². The lowest BCUT2D eigenvalue weighted by molar-refractivity contribution is 0.586. The molecule has 1 spiro atoms. The van der Waals surface area contributed by atoms with Crippen LogP contribution in [0.5, 0.6) is 0 Å². The van der Waals surface area contributed by atoms with Crippen molar-refractivity contribution < 1.29 is 0 Å². The van der Waals surface area contributed by atoms with Gasteiger partial charge >= 0.3 is 0 Å². The van der Waals surface area contributed by atoms with Crippen LogP contribution in [0.25, 0.3) is 78.7 Å². The summed E-state index contributed by atoms with van der Waals surface area (Å²) in [7, 11) is 0. The van der Waals surface area contributed by atoms with E-state index < -0.39 is 5.41 Å². The third kappa shape index (κ3) is 6.37. The van der Waals surface area contributed by atoms with Gasteiger partial charge in [-0.1, -0.05) is 205 Å². The van der Waals surface area contributed by atoms with Crippen LogP contribution in [0.1, 0.15) is 74.9 Å². The Morgan fingerprint density at radius 1 is 0.286 bits per heavy atom. The number of hydrogen-bond acceptors (Lipinski definition) is 3. The average Bonchev–Trinajstić information content (AvgIpc) is 3.78. The van der Waals surface area contributed by atoms with Gasteiger partial charge in [-0.05, 0) is 113 Å². The molecule has 0 amide bonds. The van der Waals surface area contributed by atoms with Crippen LogP contribution in [0.2, 0.25) is 0 Å². The van der Waals surface area contributed by atoms with E-state index in [1.807, 2.05) is 18.2 Å². The molecule has 0 atom stereocenters. The van der Waals surface area contributed by atoms with Gasteiger partial charge in [0.05, 0.1) is 5.41 Å². The van der Waals surface area contributed by atoms with Gasteiger partial charge in [0.1, 0.15) is 0 Å². The van der Waals surface area contributed by atoms with Crippen LogP contribution in [0.15, 0.2) is 188 Å².